The molecule has 0 spiro atoms. The van der Waals surface area contributed by atoms with Crippen LogP contribution in [0.5, 0.6) is 0 Å². The zero-order chi connectivity index (χ0) is 11.5. The number of hydrogen-bond donors (Lipinski definition) is 0. The van der Waals surface area contributed by atoms with Gasteiger partial charge in [-0.3, -0.25) is 4.79 Å². The Kier molecular flexibility index (Phi) is 4.14. The molecule has 1 atom stereocenters. The summed E-state index contributed by atoms with van der Waals surface area (Å²) < 4.78 is 4.81. The first-order chi connectivity index (χ1) is 6.99. The maximum Gasteiger partial charge on any atom is 0.312 e. The highest BCUT2D eigenvalue weighted by molar-refractivity contribution is 5.76. The molecular formula is C12H23NO2. The summed E-state index contributed by atoms with van der Waals surface area (Å²) in [7, 11) is 1.46. The Morgan fingerprint density at radius 2 is 2.20 bits per heavy atom. The monoisotopic (exact) mass is 213 g/mol. The lowest BCUT2D eigenvalue weighted by molar-refractivity contribution is -0.151. The van der Waals surface area contributed by atoms with Crippen molar-refractivity contribution in [1.82, 2.24) is 4.90 Å². The van der Waals surface area contributed by atoms with Gasteiger partial charge in [-0.2, -0.15) is 0 Å². The summed E-state index contributed by atoms with van der Waals surface area (Å²) in [5, 5.41) is 0. The number of carbonyl (C=O) groups excluding carboxylic acids is 1. The van der Waals surface area contributed by atoms with Crippen molar-refractivity contribution in [2.45, 2.75) is 33.6 Å². The first-order valence-corrected chi connectivity index (χ1v) is 5.80. The third kappa shape index (κ3) is 3.20. The molecule has 15 heavy (non-hydrogen) atoms. The van der Waals surface area contributed by atoms with Crippen LogP contribution in [-0.2, 0) is 9.53 Å². The van der Waals surface area contributed by atoms with E-state index >= 15 is 0 Å². The number of hydrogen-bond acceptors (Lipinski definition) is 3. The van der Waals surface area contributed by atoms with E-state index < -0.39 is 0 Å². The minimum atomic E-state index is -0.378. The highest BCUT2D eigenvalue weighted by atomic mass is 16.5. The quantitative estimate of drug-likeness (QED) is 0.668. The van der Waals surface area contributed by atoms with Crippen molar-refractivity contribution in [3.05, 3.63) is 0 Å². The van der Waals surface area contributed by atoms with E-state index in [2.05, 4.69) is 11.8 Å². The van der Waals surface area contributed by atoms with Gasteiger partial charge in [0.15, 0.2) is 0 Å². The molecule has 0 N–H and O–H groups in total. The third-order valence-corrected chi connectivity index (χ3v) is 3.30. The Hall–Kier alpha value is -0.570. The second-order valence-corrected chi connectivity index (χ2v) is 5.17. The fourth-order valence-corrected chi connectivity index (χ4v) is 2.29. The summed E-state index contributed by atoms with van der Waals surface area (Å²) in [5.41, 5.74) is -0.378. The van der Waals surface area contributed by atoms with E-state index in [0.717, 1.165) is 25.6 Å². The van der Waals surface area contributed by atoms with Gasteiger partial charge in [0.2, 0.25) is 0 Å². The van der Waals surface area contributed by atoms with E-state index in [9.17, 15) is 4.79 Å². The molecule has 0 aliphatic carbocycles. The normalized spacial score (nSPS) is 23.1. The van der Waals surface area contributed by atoms with Crippen molar-refractivity contribution in [1.29, 1.82) is 0 Å². The molecule has 88 valence electrons. The topological polar surface area (TPSA) is 29.5 Å². The first-order valence-electron chi connectivity index (χ1n) is 5.80. The fourth-order valence-electron chi connectivity index (χ4n) is 2.29. The Morgan fingerprint density at radius 1 is 1.53 bits per heavy atom. The Balaban J connectivity index is 2.45. The minimum Gasteiger partial charge on any atom is -0.469 e. The molecule has 0 amide bonds. The van der Waals surface area contributed by atoms with Crippen LogP contribution in [0.3, 0.4) is 0 Å². The van der Waals surface area contributed by atoms with Crippen LogP contribution in [0.15, 0.2) is 0 Å². The van der Waals surface area contributed by atoms with Gasteiger partial charge in [-0.1, -0.05) is 13.3 Å². The summed E-state index contributed by atoms with van der Waals surface area (Å²) >= 11 is 0. The second-order valence-electron chi connectivity index (χ2n) is 5.17. The van der Waals surface area contributed by atoms with Crippen molar-refractivity contribution >= 4 is 5.97 Å². The van der Waals surface area contributed by atoms with Gasteiger partial charge in [-0.15, -0.1) is 0 Å². The fraction of sp³-hybridized carbons (Fsp3) is 0.917. The Labute approximate surface area is 92.8 Å². The standard InChI is InChI=1S/C12H23NO2/c1-5-10-6-7-13(8-10)9-12(2,3)11(14)15-4/h10H,5-9H2,1-4H3. The third-order valence-electron chi connectivity index (χ3n) is 3.30. The first kappa shape index (κ1) is 12.5. The van der Waals surface area contributed by atoms with Crippen molar-refractivity contribution in [3.8, 4) is 0 Å². The van der Waals surface area contributed by atoms with Crippen molar-refractivity contribution < 1.29 is 9.53 Å². The molecule has 0 bridgehead atoms. The number of methoxy groups -OCH3 is 1. The molecule has 3 heteroatoms. The van der Waals surface area contributed by atoms with Crippen LogP contribution in [-0.4, -0.2) is 37.6 Å². The van der Waals surface area contributed by atoms with Gasteiger partial charge < -0.3 is 9.64 Å². The van der Waals surface area contributed by atoms with Gasteiger partial charge in [-0.25, -0.2) is 0 Å². The molecule has 0 aromatic heterocycles. The van der Waals surface area contributed by atoms with Crippen LogP contribution in [0.1, 0.15) is 33.6 Å². The number of nitrogens with zero attached hydrogens (tertiary/aromatic N) is 1. The van der Waals surface area contributed by atoms with Crippen LogP contribution in [0.25, 0.3) is 0 Å². The number of rotatable bonds is 4. The van der Waals surface area contributed by atoms with Gasteiger partial charge in [0.1, 0.15) is 0 Å². The summed E-state index contributed by atoms with van der Waals surface area (Å²) in [6.07, 6.45) is 2.52. The summed E-state index contributed by atoms with van der Waals surface area (Å²) in [6, 6.07) is 0. The average Bonchev–Trinajstić information content (AvgIpc) is 2.63. The predicted molar refractivity (Wildman–Crippen MR) is 60.6 cm³/mol. The van der Waals surface area contributed by atoms with E-state index in [1.807, 2.05) is 13.8 Å². The smallest absolute Gasteiger partial charge is 0.312 e. The van der Waals surface area contributed by atoms with E-state index in [4.69, 9.17) is 4.74 Å². The lowest BCUT2D eigenvalue weighted by atomic mass is 9.93. The molecule has 3 nitrogen and oxygen atoms in total. The zero-order valence-electron chi connectivity index (χ0n) is 10.4. The Bertz CT molecular complexity index is 226. The largest absolute Gasteiger partial charge is 0.469 e. The highest BCUT2D eigenvalue weighted by Gasteiger charge is 2.33. The predicted octanol–water partition coefficient (Wildman–Crippen LogP) is 1.92. The van der Waals surface area contributed by atoms with E-state index in [0.29, 0.717) is 0 Å². The summed E-state index contributed by atoms with van der Waals surface area (Å²) in [6.45, 7) is 9.22. The van der Waals surface area contributed by atoms with E-state index in [-0.39, 0.29) is 11.4 Å². The zero-order valence-corrected chi connectivity index (χ0v) is 10.4. The molecular weight excluding hydrogens is 190 g/mol. The Morgan fingerprint density at radius 3 is 2.67 bits per heavy atom. The molecule has 1 fully saturated rings. The van der Waals surface area contributed by atoms with Crippen molar-refractivity contribution in [2.75, 3.05) is 26.7 Å². The van der Waals surface area contributed by atoms with Crippen molar-refractivity contribution in [3.63, 3.8) is 0 Å². The molecule has 1 rings (SSSR count). The van der Waals surface area contributed by atoms with Gasteiger partial charge in [0, 0.05) is 13.1 Å². The van der Waals surface area contributed by atoms with Crippen LogP contribution >= 0.6 is 0 Å². The molecule has 0 aromatic carbocycles. The van der Waals surface area contributed by atoms with E-state index in [1.165, 1.54) is 20.0 Å². The maximum absolute atomic E-state index is 11.5. The summed E-state index contributed by atoms with van der Waals surface area (Å²) in [5.74, 6) is 0.709. The lowest BCUT2D eigenvalue weighted by Gasteiger charge is -2.27. The molecule has 0 aromatic rings. The van der Waals surface area contributed by atoms with Gasteiger partial charge >= 0.3 is 5.97 Å². The number of carbonyl (C=O) groups is 1. The molecule has 1 unspecified atom stereocenters. The number of likely N-dealkylation sites (tertiary alicyclic amines) is 1. The van der Waals surface area contributed by atoms with Gasteiger partial charge in [0.05, 0.1) is 12.5 Å². The highest BCUT2D eigenvalue weighted by Crippen LogP contribution is 2.25. The SMILES string of the molecule is CCC1CCN(CC(C)(C)C(=O)OC)C1. The van der Waals surface area contributed by atoms with Gasteiger partial charge in [-0.05, 0) is 32.7 Å². The molecule has 1 aliphatic rings. The molecule has 1 heterocycles. The van der Waals surface area contributed by atoms with Crippen LogP contribution < -0.4 is 0 Å². The van der Waals surface area contributed by atoms with Crippen LogP contribution in [0.4, 0.5) is 0 Å². The average molecular weight is 213 g/mol. The molecule has 1 aliphatic heterocycles. The lowest BCUT2D eigenvalue weighted by Crippen LogP contribution is -2.38. The summed E-state index contributed by atoms with van der Waals surface area (Å²) in [4.78, 5) is 13.9. The van der Waals surface area contributed by atoms with Crippen molar-refractivity contribution in [2.24, 2.45) is 11.3 Å². The minimum absolute atomic E-state index is 0.109. The van der Waals surface area contributed by atoms with Crippen LogP contribution in [0.2, 0.25) is 0 Å². The molecule has 1 saturated heterocycles. The molecule has 0 saturated carbocycles. The maximum atomic E-state index is 11.5. The van der Waals surface area contributed by atoms with E-state index in [1.54, 1.807) is 0 Å². The van der Waals surface area contributed by atoms with Crippen LogP contribution in [0, 0.1) is 11.3 Å². The number of ether oxygens (including phenoxy) is 1. The number of esters is 1. The van der Waals surface area contributed by atoms with Gasteiger partial charge in [0.25, 0.3) is 0 Å². The molecule has 0 radical (unpaired) electrons. The second kappa shape index (κ2) is 4.97.